The van der Waals surface area contributed by atoms with Crippen LogP contribution in [0.1, 0.15) is 0 Å². The third kappa shape index (κ3) is 3.46. The monoisotopic (exact) mass is 157 g/mol. The van der Waals surface area contributed by atoms with E-state index < -0.39 is 7.82 Å². The summed E-state index contributed by atoms with van der Waals surface area (Å²) in [4.78, 5) is 10.1. The molecule has 0 aromatic heterocycles. The Bertz CT molecular complexity index is 104. The Morgan fingerprint density at radius 3 is 2.50 bits per heavy atom. The van der Waals surface area contributed by atoms with Crippen LogP contribution in [0, 0.1) is 0 Å². The van der Waals surface area contributed by atoms with Gasteiger partial charge >= 0.3 is 0 Å². The predicted octanol–water partition coefficient (Wildman–Crippen LogP) is 0.00510. The van der Waals surface area contributed by atoms with E-state index in [9.17, 15) is 9.46 Å². The lowest BCUT2D eigenvalue weighted by Gasteiger charge is -2.18. The normalized spacial score (nSPS) is 17.9. The van der Waals surface area contributed by atoms with Crippen LogP contribution in [0.5, 0.6) is 0 Å². The van der Waals surface area contributed by atoms with Crippen molar-refractivity contribution in [2.45, 2.75) is 0 Å². The van der Waals surface area contributed by atoms with Gasteiger partial charge in [-0.15, -0.1) is 0 Å². The molecule has 0 amide bonds. The molecule has 0 heterocycles. The average Bonchev–Trinajstić information content (AvgIpc) is 1.67. The Kier molecular flexibility index (Phi) is 3.68. The van der Waals surface area contributed by atoms with Crippen LogP contribution in [0.15, 0.2) is 0 Å². The van der Waals surface area contributed by atoms with E-state index in [4.69, 9.17) is 0 Å². The maximum Gasteiger partial charge on any atom is 0.268 e. The largest absolute Gasteiger partial charge is 0.756 e. The van der Waals surface area contributed by atoms with Gasteiger partial charge in [-0.1, -0.05) is 0 Å². The van der Waals surface area contributed by atoms with Crippen molar-refractivity contribution in [3.05, 3.63) is 0 Å². The summed E-state index contributed by atoms with van der Waals surface area (Å²) < 4.78 is 18.1. The minimum absolute atomic E-state index is 0.186. The molecular weight excluding hydrogens is 151 g/mol. The van der Waals surface area contributed by atoms with E-state index in [2.05, 4.69) is 21.7 Å². The zero-order valence-corrected chi connectivity index (χ0v) is 6.02. The molecule has 0 rings (SSSR count). The van der Waals surface area contributed by atoms with Crippen LogP contribution in [0.3, 0.4) is 0 Å². The van der Waals surface area contributed by atoms with Gasteiger partial charge in [-0.3, -0.25) is 4.57 Å². The van der Waals surface area contributed by atoms with Gasteiger partial charge in [-0.25, -0.2) is 0 Å². The summed E-state index contributed by atoms with van der Waals surface area (Å²) in [5.41, 5.74) is 0. The lowest BCUT2D eigenvalue weighted by Crippen LogP contribution is -2.04. The first-order valence-electron chi connectivity index (χ1n) is 1.74. The van der Waals surface area contributed by atoms with Crippen molar-refractivity contribution in [3.8, 4) is 0 Å². The molecule has 6 heteroatoms. The van der Waals surface area contributed by atoms with Gasteiger partial charge in [0, 0.05) is 7.11 Å². The van der Waals surface area contributed by atoms with Crippen LogP contribution in [-0.4, -0.2) is 13.0 Å². The van der Waals surface area contributed by atoms with Crippen LogP contribution in [0.4, 0.5) is 0 Å². The van der Waals surface area contributed by atoms with Gasteiger partial charge in [0.25, 0.3) is 7.82 Å². The minimum atomic E-state index is -4.00. The van der Waals surface area contributed by atoms with Crippen LogP contribution in [0.25, 0.3) is 0 Å². The zero-order valence-electron chi connectivity index (χ0n) is 4.23. The van der Waals surface area contributed by atoms with E-state index in [0.717, 1.165) is 7.11 Å². The van der Waals surface area contributed by atoms with Crippen molar-refractivity contribution in [2.24, 2.45) is 0 Å². The molecule has 0 aromatic carbocycles. The predicted molar refractivity (Wildman–Crippen MR) is 29.6 cm³/mol. The lowest BCUT2D eigenvalue weighted by molar-refractivity contribution is -0.221. The first kappa shape index (κ1) is 8.46. The number of thiol groups is 1. The first-order chi connectivity index (χ1) is 3.62. The minimum Gasteiger partial charge on any atom is -0.756 e. The molecule has 50 valence electrons. The van der Waals surface area contributed by atoms with E-state index in [1.807, 2.05) is 0 Å². The second-order valence-electron chi connectivity index (χ2n) is 0.888. The highest BCUT2D eigenvalue weighted by molar-refractivity contribution is 7.80. The van der Waals surface area contributed by atoms with E-state index in [1.54, 1.807) is 0 Å². The quantitative estimate of drug-likeness (QED) is 0.356. The maximum atomic E-state index is 10.1. The highest BCUT2D eigenvalue weighted by atomic mass is 32.1. The van der Waals surface area contributed by atoms with Gasteiger partial charge in [-0.05, 0) is 0 Å². The molecule has 0 saturated carbocycles. The molecule has 8 heavy (non-hydrogen) atoms. The van der Waals surface area contributed by atoms with E-state index >= 15 is 0 Å². The van der Waals surface area contributed by atoms with Crippen molar-refractivity contribution in [3.63, 3.8) is 0 Å². The summed E-state index contributed by atoms with van der Waals surface area (Å²) in [5, 5.41) is 0. The summed E-state index contributed by atoms with van der Waals surface area (Å²) in [6, 6.07) is 0. The molecule has 0 aliphatic rings. The molecule has 0 N–H and O–H groups in total. The summed E-state index contributed by atoms with van der Waals surface area (Å²) in [6.07, 6.45) is 0. The van der Waals surface area contributed by atoms with Crippen LogP contribution in [0.2, 0.25) is 0 Å². The Hall–Kier alpha value is 0.460. The maximum absolute atomic E-state index is 10.1. The van der Waals surface area contributed by atoms with Gasteiger partial charge in [0.15, 0.2) is 0 Å². The molecule has 0 radical (unpaired) electrons. The zero-order chi connectivity index (χ0) is 6.62. The number of rotatable bonds is 3. The Morgan fingerprint density at radius 2 is 2.38 bits per heavy atom. The smallest absolute Gasteiger partial charge is 0.268 e. The number of phosphoric acid groups is 1. The summed E-state index contributed by atoms with van der Waals surface area (Å²) in [5.74, 6) is -0.186. The fourth-order valence-electron chi connectivity index (χ4n) is 0.123. The van der Waals surface area contributed by atoms with Crippen LogP contribution in [-0.2, 0) is 13.6 Å². The lowest BCUT2D eigenvalue weighted by atomic mass is 11.7. The summed E-state index contributed by atoms with van der Waals surface area (Å²) in [6.45, 7) is 0. The molecular formula is C2H6O4PS-. The highest BCUT2D eigenvalue weighted by Gasteiger charge is 2.01. The van der Waals surface area contributed by atoms with Gasteiger partial charge < -0.3 is 13.9 Å². The van der Waals surface area contributed by atoms with Gasteiger partial charge in [0.1, 0.15) is 0 Å². The van der Waals surface area contributed by atoms with Crippen molar-refractivity contribution < 1.29 is 18.5 Å². The molecule has 0 aliphatic heterocycles. The second-order valence-corrected chi connectivity index (χ2v) is 2.66. The Balaban J connectivity index is 3.55. The standard InChI is InChI=1S/C2H7O4PS/c1-5-7(3,4)6-2-8/h8H,2H2,1H3,(H,3,4)/p-1. The van der Waals surface area contributed by atoms with Crippen molar-refractivity contribution in [2.75, 3.05) is 13.0 Å². The third-order valence-electron chi connectivity index (χ3n) is 0.439. The molecule has 4 nitrogen and oxygen atoms in total. The molecule has 0 aromatic rings. The van der Waals surface area contributed by atoms with E-state index in [1.165, 1.54) is 0 Å². The highest BCUT2D eigenvalue weighted by Crippen LogP contribution is 2.36. The number of hydrogen-bond donors (Lipinski definition) is 1. The summed E-state index contributed by atoms with van der Waals surface area (Å²) >= 11 is 3.49. The fourth-order valence-corrected chi connectivity index (χ4v) is 0.795. The molecule has 1 unspecified atom stereocenters. The fraction of sp³-hybridized carbons (Fsp3) is 1.00. The second kappa shape index (κ2) is 3.48. The topological polar surface area (TPSA) is 58.6 Å². The molecule has 0 fully saturated rings. The van der Waals surface area contributed by atoms with E-state index in [0.29, 0.717) is 0 Å². The molecule has 0 aliphatic carbocycles. The number of phosphoric ester groups is 1. The Labute approximate surface area is 52.8 Å². The van der Waals surface area contributed by atoms with Crippen molar-refractivity contribution in [1.82, 2.24) is 0 Å². The van der Waals surface area contributed by atoms with E-state index in [-0.39, 0.29) is 5.94 Å². The van der Waals surface area contributed by atoms with Gasteiger partial charge in [0.05, 0.1) is 5.94 Å². The number of hydrogen-bond acceptors (Lipinski definition) is 5. The molecule has 1 atom stereocenters. The van der Waals surface area contributed by atoms with Gasteiger partial charge in [0.2, 0.25) is 0 Å². The van der Waals surface area contributed by atoms with Gasteiger partial charge in [-0.2, -0.15) is 12.6 Å². The summed E-state index contributed by atoms with van der Waals surface area (Å²) in [7, 11) is -2.97. The molecule has 0 saturated heterocycles. The molecule has 0 spiro atoms. The SMILES string of the molecule is COP(=O)([O-])OCS. The van der Waals surface area contributed by atoms with Crippen LogP contribution < -0.4 is 4.89 Å². The first-order valence-corrected chi connectivity index (χ1v) is 3.84. The molecule has 0 bridgehead atoms. The Morgan fingerprint density at radius 1 is 1.88 bits per heavy atom. The van der Waals surface area contributed by atoms with Crippen LogP contribution >= 0.6 is 20.5 Å². The van der Waals surface area contributed by atoms with Crippen molar-refractivity contribution >= 4 is 20.5 Å². The average molecular weight is 157 g/mol. The van der Waals surface area contributed by atoms with Crippen molar-refractivity contribution in [1.29, 1.82) is 0 Å². The third-order valence-corrected chi connectivity index (χ3v) is 1.66.